The minimum atomic E-state index is -0.0981. The molecule has 1 aliphatic carbocycles. The monoisotopic (exact) mass is 393 g/mol. The smallest absolute Gasteiger partial charge is 0.227 e. The summed E-state index contributed by atoms with van der Waals surface area (Å²) in [6.07, 6.45) is 7.24. The number of rotatable bonds is 6. The summed E-state index contributed by atoms with van der Waals surface area (Å²) < 4.78 is 0. The van der Waals surface area contributed by atoms with E-state index in [1.165, 1.54) is 0 Å². The van der Waals surface area contributed by atoms with Crippen LogP contribution in [0.5, 0.6) is 0 Å². The quantitative estimate of drug-likeness (QED) is 0.788. The molecule has 2 amide bonds. The van der Waals surface area contributed by atoms with Gasteiger partial charge in [-0.15, -0.1) is 0 Å². The van der Waals surface area contributed by atoms with Gasteiger partial charge in [-0.05, 0) is 56.4 Å². The molecule has 0 bridgehead atoms. The molecule has 7 heteroatoms. The molecular formula is C22H27N5O2. The number of piperidine rings is 1. The third kappa shape index (κ3) is 4.91. The zero-order valence-corrected chi connectivity index (χ0v) is 16.7. The Labute approximate surface area is 170 Å². The molecule has 7 nitrogen and oxygen atoms in total. The van der Waals surface area contributed by atoms with Gasteiger partial charge in [0.25, 0.3) is 0 Å². The lowest BCUT2D eigenvalue weighted by atomic mass is 9.96. The maximum absolute atomic E-state index is 12.8. The van der Waals surface area contributed by atoms with E-state index in [9.17, 15) is 9.59 Å². The van der Waals surface area contributed by atoms with Gasteiger partial charge in [0.1, 0.15) is 0 Å². The highest BCUT2D eigenvalue weighted by atomic mass is 16.2. The predicted octanol–water partition coefficient (Wildman–Crippen LogP) is 2.92. The second-order valence-corrected chi connectivity index (χ2v) is 7.95. The largest absolute Gasteiger partial charge is 0.349 e. The molecule has 2 heterocycles. The highest BCUT2D eigenvalue weighted by Gasteiger charge is 2.30. The number of carbonyl (C=O) groups excluding carboxylic acids is 2. The van der Waals surface area contributed by atoms with E-state index in [-0.39, 0.29) is 29.7 Å². The number of nitrogens with one attached hydrogen (secondary N) is 2. The van der Waals surface area contributed by atoms with Crippen LogP contribution in [0.25, 0.3) is 0 Å². The fourth-order valence-corrected chi connectivity index (χ4v) is 3.69. The van der Waals surface area contributed by atoms with E-state index in [4.69, 9.17) is 0 Å². The molecule has 2 atom stereocenters. The molecule has 29 heavy (non-hydrogen) atoms. The molecule has 1 aromatic heterocycles. The Kier molecular flexibility index (Phi) is 5.74. The van der Waals surface area contributed by atoms with Crippen molar-refractivity contribution in [2.45, 2.75) is 38.6 Å². The van der Waals surface area contributed by atoms with Crippen molar-refractivity contribution in [2.24, 2.45) is 11.8 Å². The number of hydrogen-bond acceptors (Lipinski definition) is 5. The van der Waals surface area contributed by atoms with Crippen LogP contribution in [-0.4, -0.2) is 34.9 Å². The third-order valence-electron chi connectivity index (χ3n) is 5.61. The minimum Gasteiger partial charge on any atom is -0.349 e. The van der Waals surface area contributed by atoms with E-state index in [0.29, 0.717) is 12.5 Å². The topological polar surface area (TPSA) is 87.2 Å². The van der Waals surface area contributed by atoms with Gasteiger partial charge in [-0.2, -0.15) is 0 Å². The van der Waals surface area contributed by atoms with Crippen molar-refractivity contribution >= 4 is 23.5 Å². The Morgan fingerprint density at radius 2 is 1.76 bits per heavy atom. The van der Waals surface area contributed by atoms with Gasteiger partial charge in [-0.3, -0.25) is 9.59 Å². The lowest BCUT2D eigenvalue weighted by Crippen LogP contribution is -2.44. The van der Waals surface area contributed by atoms with E-state index in [1.807, 2.05) is 31.2 Å². The van der Waals surface area contributed by atoms with Crippen LogP contribution in [0, 0.1) is 11.8 Å². The minimum absolute atomic E-state index is 0.0595. The van der Waals surface area contributed by atoms with Crippen molar-refractivity contribution in [1.82, 2.24) is 15.3 Å². The molecule has 1 saturated carbocycles. The summed E-state index contributed by atoms with van der Waals surface area (Å²) in [5, 5.41) is 6.07. The molecule has 0 spiro atoms. The van der Waals surface area contributed by atoms with E-state index in [1.54, 1.807) is 18.5 Å². The zero-order valence-electron chi connectivity index (χ0n) is 16.7. The first kappa shape index (κ1) is 19.4. The fraction of sp³-hybridized carbons (Fsp3) is 0.455. The van der Waals surface area contributed by atoms with Crippen molar-refractivity contribution in [2.75, 3.05) is 23.3 Å². The average Bonchev–Trinajstić information content (AvgIpc) is 3.60. The van der Waals surface area contributed by atoms with Crippen molar-refractivity contribution in [3.63, 3.8) is 0 Å². The molecular weight excluding hydrogens is 366 g/mol. The predicted molar refractivity (Wildman–Crippen MR) is 111 cm³/mol. The van der Waals surface area contributed by atoms with E-state index in [2.05, 4.69) is 25.5 Å². The first-order valence-corrected chi connectivity index (χ1v) is 10.3. The van der Waals surface area contributed by atoms with Gasteiger partial charge < -0.3 is 15.5 Å². The lowest BCUT2D eigenvalue weighted by Gasteiger charge is -2.32. The van der Waals surface area contributed by atoms with Crippen molar-refractivity contribution in [3.8, 4) is 0 Å². The number of nitrogens with zero attached hydrogens (tertiary/aromatic N) is 3. The van der Waals surface area contributed by atoms with Crippen molar-refractivity contribution in [1.29, 1.82) is 0 Å². The Hall–Kier alpha value is -2.96. The highest BCUT2D eigenvalue weighted by Crippen LogP contribution is 2.30. The van der Waals surface area contributed by atoms with Crippen molar-refractivity contribution < 1.29 is 9.59 Å². The molecule has 4 rings (SSSR count). The summed E-state index contributed by atoms with van der Waals surface area (Å²) in [6.45, 7) is 3.49. The van der Waals surface area contributed by atoms with Crippen LogP contribution >= 0.6 is 0 Å². The van der Waals surface area contributed by atoms with Gasteiger partial charge in [-0.25, -0.2) is 9.97 Å². The van der Waals surface area contributed by atoms with Crippen LogP contribution in [0.1, 0.15) is 44.2 Å². The standard InChI is InChI=1S/C22H27N5O2/c1-15(16-7-9-19(10-8-16)26-20(28)17-5-6-17)25-21(29)18-4-2-13-27(14-18)22-23-11-3-12-24-22/h3,7-12,15,17-18H,2,4-6,13-14H2,1H3,(H,25,29)(H,26,28). The second-order valence-electron chi connectivity index (χ2n) is 7.95. The number of carbonyl (C=O) groups is 2. The van der Waals surface area contributed by atoms with Crippen LogP contribution < -0.4 is 15.5 Å². The first-order valence-electron chi connectivity index (χ1n) is 10.3. The molecule has 0 radical (unpaired) electrons. The maximum Gasteiger partial charge on any atom is 0.227 e. The summed E-state index contributed by atoms with van der Waals surface area (Å²) in [5.74, 6) is 0.950. The Balaban J connectivity index is 1.32. The van der Waals surface area contributed by atoms with Crippen LogP contribution in [-0.2, 0) is 9.59 Å². The molecule has 2 N–H and O–H groups in total. The zero-order chi connectivity index (χ0) is 20.2. The molecule has 2 unspecified atom stereocenters. The number of aromatic nitrogens is 2. The number of benzene rings is 1. The maximum atomic E-state index is 12.8. The summed E-state index contributed by atoms with van der Waals surface area (Å²) in [4.78, 5) is 35.4. The molecule has 152 valence electrons. The van der Waals surface area contributed by atoms with Crippen LogP contribution in [0.3, 0.4) is 0 Å². The van der Waals surface area contributed by atoms with Crippen molar-refractivity contribution in [3.05, 3.63) is 48.3 Å². The Morgan fingerprint density at radius 3 is 2.45 bits per heavy atom. The van der Waals surface area contributed by atoms with E-state index in [0.717, 1.165) is 43.5 Å². The van der Waals surface area contributed by atoms with Gasteiger partial charge in [0.2, 0.25) is 17.8 Å². The number of anilines is 2. The molecule has 2 aromatic rings. The molecule has 1 aliphatic heterocycles. The molecule has 2 aliphatic rings. The molecule has 1 aromatic carbocycles. The van der Waals surface area contributed by atoms with Gasteiger partial charge in [0.15, 0.2) is 0 Å². The van der Waals surface area contributed by atoms with Gasteiger partial charge >= 0.3 is 0 Å². The Bertz CT molecular complexity index is 851. The van der Waals surface area contributed by atoms with Gasteiger partial charge in [0.05, 0.1) is 12.0 Å². The van der Waals surface area contributed by atoms with E-state index >= 15 is 0 Å². The fourth-order valence-electron chi connectivity index (χ4n) is 3.69. The highest BCUT2D eigenvalue weighted by molar-refractivity contribution is 5.94. The average molecular weight is 393 g/mol. The normalized spacial score (nSPS) is 20.0. The van der Waals surface area contributed by atoms with Gasteiger partial charge in [-0.1, -0.05) is 12.1 Å². The SMILES string of the molecule is CC(NC(=O)C1CCCN(c2ncccn2)C1)c1ccc(NC(=O)C2CC2)cc1. The second kappa shape index (κ2) is 8.59. The van der Waals surface area contributed by atoms with Crippen LogP contribution in [0.2, 0.25) is 0 Å². The summed E-state index contributed by atoms with van der Waals surface area (Å²) >= 11 is 0. The summed E-state index contributed by atoms with van der Waals surface area (Å²) in [6, 6.07) is 9.40. The third-order valence-corrected chi connectivity index (χ3v) is 5.61. The first-order chi connectivity index (χ1) is 14.1. The molecule has 1 saturated heterocycles. The molecule has 2 fully saturated rings. The van der Waals surface area contributed by atoms with E-state index < -0.39 is 0 Å². The number of hydrogen-bond donors (Lipinski definition) is 2. The van der Waals surface area contributed by atoms with Gasteiger partial charge in [0, 0.05) is 37.1 Å². The summed E-state index contributed by atoms with van der Waals surface area (Å²) in [5.41, 5.74) is 1.82. The van der Waals surface area contributed by atoms with Crippen LogP contribution in [0.15, 0.2) is 42.7 Å². The Morgan fingerprint density at radius 1 is 1.03 bits per heavy atom. The lowest BCUT2D eigenvalue weighted by molar-refractivity contribution is -0.126. The van der Waals surface area contributed by atoms with Crippen LogP contribution in [0.4, 0.5) is 11.6 Å². The summed E-state index contributed by atoms with van der Waals surface area (Å²) in [7, 11) is 0. The number of amides is 2.